The van der Waals surface area contributed by atoms with E-state index in [9.17, 15) is 4.79 Å². The van der Waals surface area contributed by atoms with Gasteiger partial charge in [-0.25, -0.2) is 0 Å². The second kappa shape index (κ2) is 8.29. The Bertz CT molecular complexity index is 498. The number of nitrogens with zero attached hydrogens (tertiary/aromatic N) is 1. The molecule has 1 atom stereocenters. The van der Waals surface area contributed by atoms with Crippen LogP contribution < -0.4 is 11.1 Å². The molecule has 1 rings (SSSR count). The summed E-state index contributed by atoms with van der Waals surface area (Å²) in [6.45, 7) is 6.40. The van der Waals surface area contributed by atoms with Gasteiger partial charge in [0.25, 0.3) is 5.91 Å². The summed E-state index contributed by atoms with van der Waals surface area (Å²) in [5.74, 6) is 0.541. The maximum absolute atomic E-state index is 12.2. The van der Waals surface area contributed by atoms with Gasteiger partial charge in [0, 0.05) is 17.2 Å². The maximum atomic E-state index is 12.2. The Morgan fingerprint density at radius 2 is 1.95 bits per heavy atom. The molecule has 0 saturated carbocycles. The van der Waals surface area contributed by atoms with Crippen molar-refractivity contribution in [3.63, 3.8) is 0 Å². The highest BCUT2D eigenvalue weighted by atomic mass is 16.4. The fourth-order valence-electron chi connectivity index (χ4n) is 2.09. The summed E-state index contributed by atoms with van der Waals surface area (Å²) in [5, 5.41) is 14.6. The second-order valence-corrected chi connectivity index (χ2v) is 5.77. The Morgan fingerprint density at radius 3 is 2.57 bits per heavy atom. The highest BCUT2D eigenvalue weighted by Crippen LogP contribution is 2.10. The minimum absolute atomic E-state index is 0.00497. The van der Waals surface area contributed by atoms with Gasteiger partial charge in [0.15, 0.2) is 5.84 Å². The average Bonchev–Trinajstić information content (AvgIpc) is 2.46. The van der Waals surface area contributed by atoms with E-state index >= 15 is 0 Å². The van der Waals surface area contributed by atoms with Crippen LogP contribution in [0.15, 0.2) is 29.4 Å². The van der Waals surface area contributed by atoms with E-state index in [1.165, 1.54) is 6.42 Å². The molecule has 116 valence electrons. The van der Waals surface area contributed by atoms with Gasteiger partial charge >= 0.3 is 0 Å². The molecule has 4 N–H and O–H groups in total. The van der Waals surface area contributed by atoms with Crippen LogP contribution >= 0.6 is 0 Å². The quantitative estimate of drug-likeness (QED) is 0.312. The highest BCUT2D eigenvalue weighted by molar-refractivity contribution is 6.01. The van der Waals surface area contributed by atoms with Gasteiger partial charge in [-0.05, 0) is 31.4 Å². The van der Waals surface area contributed by atoms with E-state index in [2.05, 4.69) is 24.3 Å². The Labute approximate surface area is 126 Å². The van der Waals surface area contributed by atoms with Crippen molar-refractivity contribution in [2.45, 2.75) is 46.1 Å². The maximum Gasteiger partial charge on any atom is 0.251 e. The Hall–Kier alpha value is -2.04. The van der Waals surface area contributed by atoms with Gasteiger partial charge in [-0.3, -0.25) is 4.79 Å². The SMILES string of the molecule is CC(C)CCCC(C)NC(=O)c1cccc(C(N)=NO)c1. The number of carbonyl (C=O) groups is 1. The fraction of sp³-hybridized carbons (Fsp3) is 0.500. The lowest BCUT2D eigenvalue weighted by Gasteiger charge is -2.15. The van der Waals surface area contributed by atoms with Crippen LogP contribution in [0.25, 0.3) is 0 Å². The first-order chi connectivity index (χ1) is 9.93. The number of rotatable bonds is 7. The lowest BCUT2D eigenvalue weighted by molar-refractivity contribution is 0.0937. The lowest BCUT2D eigenvalue weighted by Crippen LogP contribution is -2.32. The number of benzene rings is 1. The van der Waals surface area contributed by atoms with Crippen LogP contribution in [-0.2, 0) is 0 Å². The number of nitrogens with one attached hydrogen (secondary N) is 1. The Kier molecular flexibility index (Phi) is 6.72. The van der Waals surface area contributed by atoms with Crippen LogP contribution in [0.2, 0.25) is 0 Å². The van der Waals surface area contributed by atoms with Crippen molar-refractivity contribution in [3.8, 4) is 0 Å². The zero-order valence-electron chi connectivity index (χ0n) is 13.0. The van der Waals surface area contributed by atoms with E-state index in [1.807, 2.05) is 6.92 Å². The van der Waals surface area contributed by atoms with Crippen molar-refractivity contribution >= 4 is 11.7 Å². The molecule has 1 aromatic rings. The molecule has 0 spiro atoms. The van der Waals surface area contributed by atoms with Gasteiger partial charge in [0.1, 0.15) is 0 Å². The number of amidine groups is 1. The van der Waals surface area contributed by atoms with Gasteiger partial charge in [0.2, 0.25) is 0 Å². The molecule has 0 fully saturated rings. The van der Waals surface area contributed by atoms with Crippen molar-refractivity contribution in [1.29, 1.82) is 0 Å². The molecule has 0 aliphatic carbocycles. The third kappa shape index (κ3) is 5.85. The van der Waals surface area contributed by atoms with Crippen molar-refractivity contribution in [1.82, 2.24) is 5.32 Å². The monoisotopic (exact) mass is 291 g/mol. The summed E-state index contributed by atoms with van der Waals surface area (Å²) in [4.78, 5) is 12.2. The van der Waals surface area contributed by atoms with Crippen molar-refractivity contribution < 1.29 is 10.0 Å². The summed E-state index contributed by atoms with van der Waals surface area (Å²) in [6, 6.07) is 6.86. The average molecular weight is 291 g/mol. The summed E-state index contributed by atoms with van der Waals surface area (Å²) in [5.41, 5.74) is 6.56. The molecule has 0 heterocycles. The van der Waals surface area contributed by atoms with Crippen LogP contribution in [0.3, 0.4) is 0 Å². The van der Waals surface area contributed by atoms with Crippen LogP contribution in [0.4, 0.5) is 0 Å². The summed E-state index contributed by atoms with van der Waals surface area (Å²) >= 11 is 0. The molecule has 0 saturated heterocycles. The number of amides is 1. The smallest absolute Gasteiger partial charge is 0.251 e. The normalized spacial score (nSPS) is 13.2. The van der Waals surface area contributed by atoms with Gasteiger partial charge in [0.05, 0.1) is 0 Å². The van der Waals surface area contributed by atoms with Crippen molar-refractivity contribution in [2.75, 3.05) is 0 Å². The van der Waals surface area contributed by atoms with E-state index in [-0.39, 0.29) is 17.8 Å². The number of hydrogen-bond acceptors (Lipinski definition) is 3. The van der Waals surface area contributed by atoms with Crippen LogP contribution in [-0.4, -0.2) is 23.0 Å². The van der Waals surface area contributed by atoms with E-state index in [1.54, 1.807) is 24.3 Å². The van der Waals surface area contributed by atoms with Crippen molar-refractivity contribution in [2.24, 2.45) is 16.8 Å². The molecule has 0 aliphatic rings. The van der Waals surface area contributed by atoms with Gasteiger partial charge < -0.3 is 16.3 Å². The summed E-state index contributed by atoms with van der Waals surface area (Å²) in [6.07, 6.45) is 3.23. The predicted molar refractivity (Wildman–Crippen MR) is 84.6 cm³/mol. The standard InChI is InChI=1S/C16H25N3O2/c1-11(2)6-4-7-12(3)18-16(20)14-9-5-8-13(10-14)15(17)19-21/h5,8-12,21H,4,6-7H2,1-3H3,(H2,17,19)(H,18,20). The largest absolute Gasteiger partial charge is 0.409 e. The zero-order chi connectivity index (χ0) is 15.8. The second-order valence-electron chi connectivity index (χ2n) is 5.77. The van der Waals surface area contributed by atoms with Gasteiger partial charge in [-0.15, -0.1) is 0 Å². The zero-order valence-corrected chi connectivity index (χ0v) is 13.0. The highest BCUT2D eigenvalue weighted by Gasteiger charge is 2.11. The molecule has 0 aliphatic heterocycles. The van der Waals surface area contributed by atoms with E-state index in [4.69, 9.17) is 10.9 Å². The molecule has 1 amide bonds. The topological polar surface area (TPSA) is 87.7 Å². The fourth-order valence-corrected chi connectivity index (χ4v) is 2.09. The van der Waals surface area contributed by atoms with E-state index in [0.29, 0.717) is 17.0 Å². The molecule has 5 heteroatoms. The molecule has 1 aromatic carbocycles. The molecular weight excluding hydrogens is 266 g/mol. The molecular formula is C16H25N3O2. The van der Waals surface area contributed by atoms with Gasteiger partial charge in [-0.2, -0.15) is 0 Å². The predicted octanol–water partition coefficient (Wildman–Crippen LogP) is 2.73. The van der Waals surface area contributed by atoms with Crippen LogP contribution in [0.1, 0.15) is 56.0 Å². The van der Waals surface area contributed by atoms with E-state index in [0.717, 1.165) is 12.8 Å². The molecule has 0 aromatic heterocycles. The molecule has 1 unspecified atom stereocenters. The number of nitrogens with two attached hydrogens (primary N) is 1. The molecule has 21 heavy (non-hydrogen) atoms. The van der Waals surface area contributed by atoms with E-state index < -0.39 is 0 Å². The molecule has 0 radical (unpaired) electrons. The third-order valence-corrected chi connectivity index (χ3v) is 3.32. The first-order valence-electron chi connectivity index (χ1n) is 7.32. The van der Waals surface area contributed by atoms with Gasteiger partial charge in [-0.1, -0.05) is 44.0 Å². The summed E-state index contributed by atoms with van der Waals surface area (Å²) in [7, 11) is 0. The van der Waals surface area contributed by atoms with Crippen molar-refractivity contribution in [3.05, 3.63) is 35.4 Å². The minimum atomic E-state index is -0.139. The Balaban J connectivity index is 2.59. The Morgan fingerprint density at radius 1 is 1.29 bits per heavy atom. The van der Waals surface area contributed by atoms with Crippen LogP contribution in [0, 0.1) is 5.92 Å². The molecule has 5 nitrogen and oxygen atoms in total. The number of hydrogen-bond donors (Lipinski definition) is 3. The third-order valence-electron chi connectivity index (χ3n) is 3.32. The lowest BCUT2D eigenvalue weighted by atomic mass is 10.0. The minimum Gasteiger partial charge on any atom is -0.409 e. The number of carbonyl (C=O) groups excluding carboxylic acids is 1. The first kappa shape index (κ1) is 17.0. The number of oxime groups is 1. The molecule has 0 bridgehead atoms. The van der Waals surface area contributed by atoms with Crippen LogP contribution in [0.5, 0.6) is 0 Å². The summed E-state index contributed by atoms with van der Waals surface area (Å²) < 4.78 is 0. The first-order valence-corrected chi connectivity index (χ1v) is 7.32.